The number of amides is 2. The monoisotopic (exact) mass is 418 g/mol. The molecule has 5 atom stereocenters. The first-order valence-electron chi connectivity index (χ1n) is 10.6. The summed E-state index contributed by atoms with van der Waals surface area (Å²) in [6, 6.07) is -0.934. The molecule has 4 heterocycles. The number of cyclic esters (lactones) is 1. The molecule has 2 fully saturated rings. The number of β-amino-alcohol motifs (C(OH)–C–C–N with tert-alkyl or cyclic N) is 1. The zero-order valence-corrected chi connectivity index (χ0v) is 17.7. The maximum Gasteiger partial charge on any atom is 0.312 e. The molecule has 2 saturated heterocycles. The standard InChI is InChI=1S/C22H30N2O6/c1-21(2,3)24-10-7-9-22-16(18(26)23(11-12-25)17(22)19(24)27)15-14(30-22)8-5-4-6-13-29-20(15)28/h5,7-9,14-17,25H,4,6,10-13H2,1-3H3/b8-5-/t14-,15?,16+,17-,22?/m1/s1. The van der Waals surface area contributed by atoms with E-state index in [-0.39, 0.29) is 31.6 Å². The molecule has 0 aromatic heterocycles. The lowest BCUT2D eigenvalue weighted by atomic mass is 9.78. The maximum atomic E-state index is 13.7. The second kappa shape index (κ2) is 7.50. The van der Waals surface area contributed by atoms with E-state index in [0.717, 1.165) is 6.42 Å². The topological polar surface area (TPSA) is 96.4 Å². The second-order valence-corrected chi connectivity index (χ2v) is 9.36. The third-order valence-electron chi connectivity index (χ3n) is 6.50. The lowest BCUT2D eigenvalue weighted by molar-refractivity contribution is -0.155. The van der Waals surface area contributed by atoms with Gasteiger partial charge in [-0.2, -0.15) is 0 Å². The Labute approximate surface area is 176 Å². The molecule has 0 bridgehead atoms. The van der Waals surface area contributed by atoms with Crippen LogP contribution >= 0.6 is 0 Å². The van der Waals surface area contributed by atoms with Crippen molar-refractivity contribution in [2.24, 2.45) is 11.8 Å². The van der Waals surface area contributed by atoms with Crippen molar-refractivity contribution in [2.75, 3.05) is 26.3 Å². The first-order valence-corrected chi connectivity index (χ1v) is 10.6. The van der Waals surface area contributed by atoms with Crippen molar-refractivity contribution in [3.05, 3.63) is 24.3 Å². The molecule has 1 N–H and O–H groups in total. The number of aliphatic hydroxyl groups excluding tert-OH is 1. The molecule has 0 aromatic carbocycles. The molecule has 30 heavy (non-hydrogen) atoms. The fourth-order valence-electron chi connectivity index (χ4n) is 5.20. The van der Waals surface area contributed by atoms with E-state index in [1.807, 2.05) is 39.0 Å². The van der Waals surface area contributed by atoms with Gasteiger partial charge in [-0.05, 0) is 33.6 Å². The molecule has 8 nitrogen and oxygen atoms in total. The van der Waals surface area contributed by atoms with Gasteiger partial charge in [0.25, 0.3) is 0 Å². The summed E-state index contributed by atoms with van der Waals surface area (Å²) in [6.45, 7) is 6.21. The molecular formula is C22H30N2O6. The highest BCUT2D eigenvalue weighted by Crippen LogP contribution is 2.53. The summed E-state index contributed by atoms with van der Waals surface area (Å²) in [5.74, 6) is -2.74. The lowest BCUT2D eigenvalue weighted by Crippen LogP contribution is -2.58. The van der Waals surface area contributed by atoms with Gasteiger partial charge in [0, 0.05) is 18.6 Å². The number of aliphatic hydroxyl groups is 1. The van der Waals surface area contributed by atoms with Crippen LogP contribution in [-0.2, 0) is 23.9 Å². The van der Waals surface area contributed by atoms with Gasteiger partial charge in [-0.1, -0.05) is 24.3 Å². The van der Waals surface area contributed by atoms with Gasteiger partial charge in [-0.25, -0.2) is 0 Å². The summed E-state index contributed by atoms with van der Waals surface area (Å²) in [5, 5.41) is 9.60. The Kier molecular flexibility index (Phi) is 5.26. The Morgan fingerprint density at radius 2 is 1.97 bits per heavy atom. The summed E-state index contributed by atoms with van der Waals surface area (Å²) in [5.41, 5.74) is -1.72. The second-order valence-electron chi connectivity index (χ2n) is 9.36. The Bertz CT molecular complexity index is 800. The number of rotatable bonds is 2. The third kappa shape index (κ3) is 3.08. The number of allylic oxidation sites excluding steroid dienone is 1. The van der Waals surface area contributed by atoms with E-state index in [4.69, 9.17) is 9.47 Å². The zero-order valence-electron chi connectivity index (χ0n) is 17.7. The summed E-state index contributed by atoms with van der Waals surface area (Å²) < 4.78 is 11.9. The molecule has 0 saturated carbocycles. The number of fused-ring (bicyclic) bond motifs is 2. The first-order chi connectivity index (χ1) is 14.2. The number of nitrogens with zero attached hydrogens (tertiary/aromatic N) is 2. The van der Waals surface area contributed by atoms with Crippen molar-refractivity contribution in [1.29, 1.82) is 0 Å². The van der Waals surface area contributed by atoms with Gasteiger partial charge in [0.1, 0.15) is 17.6 Å². The van der Waals surface area contributed by atoms with Crippen molar-refractivity contribution >= 4 is 17.8 Å². The van der Waals surface area contributed by atoms with Gasteiger partial charge in [0.2, 0.25) is 11.8 Å². The molecule has 4 aliphatic rings. The average molecular weight is 418 g/mol. The van der Waals surface area contributed by atoms with E-state index < -0.39 is 41.1 Å². The molecule has 164 valence electrons. The van der Waals surface area contributed by atoms with Crippen LogP contribution in [0.3, 0.4) is 0 Å². The van der Waals surface area contributed by atoms with Crippen molar-refractivity contribution in [1.82, 2.24) is 9.80 Å². The van der Waals surface area contributed by atoms with Crippen LogP contribution in [0.1, 0.15) is 33.6 Å². The van der Waals surface area contributed by atoms with E-state index in [0.29, 0.717) is 13.0 Å². The first kappa shape index (κ1) is 21.1. The molecule has 0 aliphatic carbocycles. The number of hydrogen-bond donors (Lipinski definition) is 1. The van der Waals surface area contributed by atoms with Crippen LogP contribution in [-0.4, -0.2) is 82.3 Å². The summed E-state index contributed by atoms with van der Waals surface area (Å²) in [4.78, 5) is 43.3. The van der Waals surface area contributed by atoms with Gasteiger partial charge in [0.15, 0.2) is 0 Å². The van der Waals surface area contributed by atoms with Crippen LogP contribution in [0, 0.1) is 11.8 Å². The van der Waals surface area contributed by atoms with Crippen molar-refractivity contribution in [3.63, 3.8) is 0 Å². The van der Waals surface area contributed by atoms with Crippen LogP contribution in [0.2, 0.25) is 0 Å². The van der Waals surface area contributed by atoms with Crippen LogP contribution in [0.25, 0.3) is 0 Å². The molecule has 1 spiro atoms. The van der Waals surface area contributed by atoms with Gasteiger partial charge in [-0.3, -0.25) is 14.4 Å². The van der Waals surface area contributed by atoms with Crippen molar-refractivity contribution < 1.29 is 29.0 Å². The largest absolute Gasteiger partial charge is 0.465 e. The molecule has 8 heteroatoms. The molecule has 4 rings (SSSR count). The maximum absolute atomic E-state index is 13.7. The van der Waals surface area contributed by atoms with E-state index in [1.165, 1.54) is 4.90 Å². The van der Waals surface area contributed by atoms with E-state index in [1.54, 1.807) is 11.0 Å². The third-order valence-corrected chi connectivity index (χ3v) is 6.50. The van der Waals surface area contributed by atoms with Crippen molar-refractivity contribution in [3.8, 4) is 0 Å². The minimum atomic E-state index is -1.26. The highest BCUT2D eigenvalue weighted by atomic mass is 16.6. The number of carbonyl (C=O) groups is 3. The molecule has 0 aromatic rings. The Balaban J connectivity index is 1.84. The number of esters is 1. The molecule has 0 radical (unpaired) electrons. The van der Waals surface area contributed by atoms with Gasteiger partial charge >= 0.3 is 5.97 Å². The van der Waals surface area contributed by atoms with E-state index >= 15 is 0 Å². The predicted octanol–water partition coefficient (Wildman–Crippen LogP) is 0.650. The highest BCUT2D eigenvalue weighted by molar-refractivity contribution is 5.99. The Morgan fingerprint density at radius 1 is 1.20 bits per heavy atom. The molecule has 2 amide bonds. The SMILES string of the molecule is CC(C)(C)N1CC=CC23O[C@@H]4/C=C\CCCOC(=O)C4[C@H]2C(=O)N(CCO)[C@@H]3C1=O. The van der Waals surface area contributed by atoms with Crippen molar-refractivity contribution in [2.45, 2.75) is 56.9 Å². The summed E-state index contributed by atoms with van der Waals surface area (Å²) in [6.07, 6.45) is 8.25. The van der Waals surface area contributed by atoms with Crippen LogP contribution in [0.4, 0.5) is 0 Å². The Morgan fingerprint density at radius 3 is 2.67 bits per heavy atom. The highest BCUT2D eigenvalue weighted by Gasteiger charge is 2.71. The Hall–Kier alpha value is -2.19. The minimum absolute atomic E-state index is 0.00491. The zero-order chi connectivity index (χ0) is 21.7. The van der Waals surface area contributed by atoms with Crippen LogP contribution in [0.15, 0.2) is 24.3 Å². The normalized spacial score (nSPS) is 37.5. The fourth-order valence-corrected chi connectivity index (χ4v) is 5.20. The summed E-state index contributed by atoms with van der Waals surface area (Å²) >= 11 is 0. The van der Waals surface area contributed by atoms with Gasteiger partial charge < -0.3 is 24.4 Å². The minimum Gasteiger partial charge on any atom is -0.465 e. The van der Waals surface area contributed by atoms with Gasteiger partial charge in [-0.15, -0.1) is 0 Å². The van der Waals surface area contributed by atoms with Crippen LogP contribution < -0.4 is 0 Å². The summed E-state index contributed by atoms with van der Waals surface area (Å²) in [7, 11) is 0. The quantitative estimate of drug-likeness (QED) is 0.523. The average Bonchev–Trinajstić information content (AvgIpc) is 3.06. The van der Waals surface area contributed by atoms with E-state index in [9.17, 15) is 19.5 Å². The lowest BCUT2D eigenvalue weighted by Gasteiger charge is -2.40. The van der Waals surface area contributed by atoms with Crippen LogP contribution in [0.5, 0.6) is 0 Å². The number of ether oxygens (including phenoxy) is 2. The molecular weight excluding hydrogens is 388 g/mol. The smallest absolute Gasteiger partial charge is 0.312 e. The fraction of sp³-hybridized carbons (Fsp3) is 0.682. The van der Waals surface area contributed by atoms with Gasteiger partial charge in [0.05, 0.1) is 25.2 Å². The number of hydrogen-bond acceptors (Lipinski definition) is 6. The molecule has 4 aliphatic heterocycles. The predicted molar refractivity (Wildman–Crippen MR) is 107 cm³/mol. The number of likely N-dealkylation sites (tertiary alicyclic amines) is 1. The number of carbonyl (C=O) groups excluding carboxylic acids is 3. The van der Waals surface area contributed by atoms with E-state index in [2.05, 4.69) is 0 Å². The molecule has 2 unspecified atom stereocenters.